The molecule has 2 amide bonds. The van der Waals surface area contributed by atoms with Gasteiger partial charge in [-0.2, -0.15) is 0 Å². The summed E-state index contributed by atoms with van der Waals surface area (Å²) in [5, 5.41) is 2.92. The van der Waals surface area contributed by atoms with E-state index in [2.05, 4.69) is 5.32 Å². The third-order valence-electron chi connectivity index (χ3n) is 4.71. The Labute approximate surface area is 174 Å². The lowest BCUT2D eigenvalue weighted by Crippen LogP contribution is -2.47. The zero-order chi connectivity index (χ0) is 20.8. The molecule has 1 saturated heterocycles. The van der Waals surface area contributed by atoms with Crippen LogP contribution in [0.1, 0.15) is 15.9 Å². The lowest BCUT2D eigenvalue weighted by Gasteiger charge is -2.23. The highest BCUT2D eigenvalue weighted by molar-refractivity contribution is 7.99. The van der Waals surface area contributed by atoms with Gasteiger partial charge in [-0.3, -0.25) is 9.59 Å². The molecule has 1 fully saturated rings. The molecule has 2 aromatic rings. The van der Waals surface area contributed by atoms with Crippen LogP contribution in [0.25, 0.3) is 0 Å². The van der Waals surface area contributed by atoms with Crippen molar-refractivity contribution >= 4 is 23.6 Å². The first-order valence-electron chi connectivity index (χ1n) is 9.09. The molecule has 0 bridgehead atoms. The molecule has 1 unspecified atom stereocenters. The molecule has 29 heavy (non-hydrogen) atoms. The van der Waals surface area contributed by atoms with E-state index in [1.165, 1.54) is 0 Å². The molecule has 0 radical (unpaired) electrons. The van der Waals surface area contributed by atoms with Gasteiger partial charge in [0.15, 0.2) is 11.5 Å². The van der Waals surface area contributed by atoms with Crippen LogP contribution in [0, 0.1) is 0 Å². The summed E-state index contributed by atoms with van der Waals surface area (Å²) >= 11 is 1.56. The number of carbonyl (C=O) groups is 2. The second-order valence-electron chi connectivity index (χ2n) is 6.39. The molecule has 0 aromatic heterocycles. The Morgan fingerprint density at radius 3 is 2.34 bits per heavy atom. The van der Waals surface area contributed by atoms with Crippen molar-refractivity contribution < 1.29 is 23.8 Å². The number of carbonyl (C=O) groups excluding carboxylic acids is 2. The van der Waals surface area contributed by atoms with E-state index in [1.807, 2.05) is 18.2 Å². The summed E-state index contributed by atoms with van der Waals surface area (Å²) < 4.78 is 16.0. The van der Waals surface area contributed by atoms with E-state index < -0.39 is 6.04 Å². The Hall–Kier alpha value is -2.87. The van der Waals surface area contributed by atoms with E-state index in [1.54, 1.807) is 62.3 Å². The average Bonchev–Trinajstić information content (AvgIpc) is 3.26. The van der Waals surface area contributed by atoms with Crippen LogP contribution < -0.4 is 19.5 Å². The zero-order valence-corrected chi connectivity index (χ0v) is 17.5. The molecular weight excluding hydrogens is 392 g/mol. The topological polar surface area (TPSA) is 77.1 Å². The molecule has 1 N–H and O–H groups in total. The summed E-state index contributed by atoms with van der Waals surface area (Å²) in [7, 11) is 4.66. The lowest BCUT2D eigenvalue weighted by molar-refractivity contribution is -0.124. The predicted molar refractivity (Wildman–Crippen MR) is 112 cm³/mol. The smallest absolute Gasteiger partial charge is 0.255 e. The van der Waals surface area contributed by atoms with Crippen LogP contribution in [0.15, 0.2) is 42.5 Å². The number of methoxy groups -OCH3 is 3. The molecule has 1 heterocycles. The van der Waals surface area contributed by atoms with Gasteiger partial charge in [0.25, 0.3) is 5.91 Å². The quantitative estimate of drug-likeness (QED) is 0.748. The lowest BCUT2D eigenvalue weighted by atomic mass is 10.1. The van der Waals surface area contributed by atoms with Crippen molar-refractivity contribution in [2.45, 2.75) is 12.6 Å². The third kappa shape index (κ3) is 4.59. The Bertz CT molecular complexity index is 875. The number of ether oxygens (including phenoxy) is 3. The van der Waals surface area contributed by atoms with Gasteiger partial charge in [-0.15, -0.1) is 11.8 Å². The molecular formula is C21H24N2O5S. The van der Waals surface area contributed by atoms with Crippen LogP contribution in [0.5, 0.6) is 17.2 Å². The highest BCUT2D eigenvalue weighted by Gasteiger charge is 2.35. The van der Waals surface area contributed by atoms with Crippen LogP contribution in [0.2, 0.25) is 0 Å². The minimum atomic E-state index is -0.515. The largest absolute Gasteiger partial charge is 0.496 e. The van der Waals surface area contributed by atoms with Crippen molar-refractivity contribution in [1.82, 2.24) is 10.2 Å². The van der Waals surface area contributed by atoms with E-state index in [0.717, 1.165) is 5.56 Å². The van der Waals surface area contributed by atoms with Crippen LogP contribution >= 0.6 is 11.8 Å². The minimum Gasteiger partial charge on any atom is -0.496 e. The summed E-state index contributed by atoms with van der Waals surface area (Å²) in [5.74, 6) is 2.40. The number of hydrogen-bond acceptors (Lipinski definition) is 6. The Kier molecular flexibility index (Phi) is 6.87. The van der Waals surface area contributed by atoms with Crippen LogP contribution in [0.3, 0.4) is 0 Å². The van der Waals surface area contributed by atoms with E-state index in [4.69, 9.17) is 14.2 Å². The molecule has 2 aromatic carbocycles. The monoisotopic (exact) mass is 416 g/mol. The second-order valence-corrected chi connectivity index (χ2v) is 7.39. The fourth-order valence-corrected chi connectivity index (χ4v) is 4.29. The highest BCUT2D eigenvalue weighted by Crippen LogP contribution is 2.34. The van der Waals surface area contributed by atoms with E-state index in [9.17, 15) is 9.59 Å². The van der Waals surface area contributed by atoms with Gasteiger partial charge in [-0.25, -0.2) is 0 Å². The first kappa shape index (κ1) is 20.9. The van der Waals surface area contributed by atoms with E-state index >= 15 is 0 Å². The number of nitrogens with zero attached hydrogens (tertiary/aromatic N) is 1. The fraction of sp³-hybridized carbons (Fsp3) is 0.333. The van der Waals surface area contributed by atoms with Crippen molar-refractivity contribution in [3.05, 3.63) is 53.6 Å². The minimum absolute atomic E-state index is 0.139. The number of amides is 2. The zero-order valence-electron chi connectivity index (χ0n) is 16.6. The van der Waals surface area contributed by atoms with E-state index in [-0.39, 0.29) is 18.4 Å². The van der Waals surface area contributed by atoms with Gasteiger partial charge in [-0.1, -0.05) is 18.2 Å². The van der Waals surface area contributed by atoms with Gasteiger partial charge in [0.05, 0.1) is 27.2 Å². The fourth-order valence-electron chi connectivity index (χ4n) is 3.14. The van der Waals surface area contributed by atoms with Gasteiger partial charge in [0.1, 0.15) is 11.8 Å². The van der Waals surface area contributed by atoms with Crippen LogP contribution in [-0.2, 0) is 11.3 Å². The van der Waals surface area contributed by atoms with Crippen LogP contribution in [0.4, 0.5) is 0 Å². The normalized spacial score (nSPS) is 15.7. The molecule has 0 spiro atoms. The summed E-state index contributed by atoms with van der Waals surface area (Å²) in [6.45, 7) is 0.247. The summed E-state index contributed by atoms with van der Waals surface area (Å²) in [6, 6.07) is 12.0. The van der Waals surface area contributed by atoms with Crippen molar-refractivity contribution in [1.29, 1.82) is 0 Å². The Morgan fingerprint density at radius 2 is 1.69 bits per heavy atom. The maximum atomic E-state index is 12.8. The number of hydrogen-bond donors (Lipinski definition) is 1. The summed E-state index contributed by atoms with van der Waals surface area (Å²) in [5.41, 5.74) is 1.33. The van der Waals surface area contributed by atoms with Gasteiger partial charge in [0, 0.05) is 29.5 Å². The van der Waals surface area contributed by atoms with Crippen molar-refractivity contribution in [3.63, 3.8) is 0 Å². The van der Waals surface area contributed by atoms with Gasteiger partial charge >= 0.3 is 0 Å². The second kappa shape index (κ2) is 9.56. The van der Waals surface area contributed by atoms with E-state index in [0.29, 0.717) is 34.4 Å². The maximum Gasteiger partial charge on any atom is 0.255 e. The molecule has 1 atom stereocenters. The first-order chi connectivity index (χ1) is 14.1. The first-order valence-corrected chi connectivity index (χ1v) is 10.2. The highest BCUT2D eigenvalue weighted by atomic mass is 32.2. The average molecular weight is 416 g/mol. The third-order valence-corrected chi connectivity index (χ3v) is 5.72. The number of nitrogens with one attached hydrogen (secondary N) is 1. The molecule has 7 nitrogen and oxygen atoms in total. The van der Waals surface area contributed by atoms with Crippen molar-refractivity contribution in [3.8, 4) is 17.2 Å². The Morgan fingerprint density at radius 1 is 1.03 bits per heavy atom. The predicted octanol–water partition coefficient (Wildman–Crippen LogP) is 2.54. The van der Waals surface area contributed by atoms with Crippen molar-refractivity contribution in [2.75, 3.05) is 33.0 Å². The molecule has 0 saturated carbocycles. The van der Waals surface area contributed by atoms with Crippen molar-refractivity contribution in [2.24, 2.45) is 0 Å². The molecule has 0 aliphatic carbocycles. The molecule has 1 aliphatic rings. The van der Waals surface area contributed by atoms with Gasteiger partial charge in [-0.05, 0) is 18.2 Å². The number of rotatable bonds is 7. The van der Waals surface area contributed by atoms with Gasteiger partial charge in [0.2, 0.25) is 5.91 Å². The van der Waals surface area contributed by atoms with Crippen LogP contribution in [-0.4, -0.2) is 55.7 Å². The molecule has 1 aliphatic heterocycles. The SMILES string of the molecule is COc1cc(OC)c(OC)cc1CNC(=O)C1CSCN1C(=O)c1ccccc1. The number of thioether (sulfide) groups is 1. The molecule has 3 rings (SSSR count). The standard InChI is InChI=1S/C21H24N2O5S/c1-26-17-10-19(28-3)18(27-2)9-15(17)11-22-20(24)16-12-29-13-23(16)21(25)14-7-5-4-6-8-14/h4-10,16H,11-13H2,1-3H3,(H,22,24). The maximum absolute atomic E-state index is 12.8. The summed E-state index contributed by atoms with van der Waals surface area (Å²) in [4.78, 5) is 27.2. The Balaban J connectivity index is 1.71. The summed E-state index contributed by atoms with van der Waals surface area (Å²) in [6.07, 6.45) is 0. The van der Waals surface area contributed by atoms with Gasteiger partial charge < -0.3 is 24.4 Å². The molecule has 8 heteroatoms. The number of benzene rings is 2. The molecule has 154 valence electrons.